The Morgan fingerprint density at radius 3 is 2.95 bits per heavy atom. The van der Waals surface area contributed by atoms with Gasteiger partial charge >= 0.3 is 0 Å². The average Bonchev–Trinajstić information content (AvgIpc) is 2.93. The number of sulfone groups is 1. The third-order valence-corrected chi connectivity index (χ3v) is 5.37. The number of likely N-dealkylation sites (tertiary alicyclic amines) is 1. The Hall–Kier alpha value is -1.42. The van der Waals surface area contributed by atoms with Crippen LogP contribution in [0.2, 0.25) is 0 Å². The molecule has 5 nitrogen and oxygen atoms in total. The number of nitriles is 1. The third-order valence-electron chi connectivity index (χ3n) is 3.68. The Bertz CT molecular complexity index is 607. The molecule has 0 aliphatic carbocycles. The second kappa shape index (κ2) is 6.35. The molecule has 20 heavy (non-hydrogen) atoms. The van der Waals surface area contributed by atoms with Gasteiger partial charge in [0.05, 0.1) is 28.9 Å². The van der Waals surface area contributed by atoms with Crippen LogP contribution in [0, 0.1) is 11.3 Å². The summed E-state index contributed by atoms with van der Waals surface area (Å²) in [7, 11) is -3.39. The Morgan fingerprint density at radius 1 is 1.45 bits per heavy atom. The highest BCUT2D eigenvalue weighted by Crippen LogP contribution is 2.18. The number of hydrogen-bond acceptors (Lipinski definition) is 5. The molecule has 2 rings (SSSR count). The molecule has 0 radical (unpaired) electrons. The Kier molecular flexibility index (Phi) is 4.76. The maximum atomic E-state index is 12.3. The molecule has 1 aliphatic heterocycles. The molecular formula is C14H18N2O3S. The zero-order valence-electron chi connectivity index (χ0n) is 11.2. The van der Waals surface area contributed by atoms with Gasteiger partial charge in [0.1, 0.15) is 0 Å². The quantitative estimate of drug-likeness (QED) is 0.868. The van der Waals surface area contributed by atoms with Crippen molar-refractivity contribution in [2.45, 2.75) is 23.8 Å². The number of rotatable bonds is 5. The molecule has 6 heteroatoms. The monoisotopic (exact) mass is 294 g/mol. The summed E-state index contributed by atoms with van der Waals surface area (Å²) in [6, 6.07) is 8.11. The van der Waals surface area contributed by atoms with Crippen molar-refractivity contribution in [1.29, 1.82) is 5.26 Å². The molecule has 1 aromatic carbocycles. The largest absolute Gasteiger partial charge is 0.395 e. The minimum absolute atomic E-state index is 0.0123. The summed E-state index contributed by atoms with van der Waals surface area (Å²) in [6.07, 6.45) is 1.91. The first-order valence-electron chi connectivity index (χ1n) is 6.64. The lowest BCUT2D eigenvalue weighted by Gasteiger charge is -2.22. The Morgan fingerprint density at radius 2 is 2.25 bits per heavy atom. The first-order valence-corrected chi connectivity index (χ1v) is 8.30. The van der Waals surface area contributed by atoms with Crippen molar-refractivity contribution in [1.82, 2.24) is 4.90 Å². The van der Waals surface area contributed by atoms with Gasteiger partial charge in [-0.1, -0.05) is 6.07 Å². The zero-order chi connectivity index (χ0) is 14.6. The van der Waals surface area contributed by atoms with Gasteiger partial charge < -0.3 is 5.11 Å². The maximum absolute atomic E-state index is 12.3. The van der Waals surface area contributed by atoms with Crippen LogP contribution in [-0.2, 0) is 9.84 Å². The van der Waals surface area contributed by atoms with E-state index in [1.54, 1.807) is 12.1 Å². The number of benzene rings is 1. The Balaban J connectivity index is 2.06. The standard InChI is InChI=1S/C14H18N2O3S/c15-10-12-3-1-5-14(9-12)20(18,19)8-7-16-6-2-4-13(16)11-17/h1,3,5,9,13,17H,2,4,6-8,11H2/t13-/m1/s1. The van der Waals surface area contributed by atoms with Gasteiger partial charge in [0, 0.05) is 12.6 Å². The highest BCUT2D eigenvalue weighted by atomic mass is 32.2. The molecule has 0 aromatic heterocycles. The minimum atomic E-state index is -3.39. The SMILES string of the molecule is N#Cc1cccc(S(=O)(=O)CCN2CCC[C@@H]2CO)c1. The van der Waals surface area contributed by atoms with E-state index in [0.29, 0.717) is 12.1 Å². The third kappa shape index (κ3) is 3.37. The van der Waals surface area contributed by atoms with E-state index >= 15 is 0 Å². The summed E-state index contributed by atoms with van der Waals surface area (Å²) in [5.41, 5.74) is 0.348. The molecule has 1 fully saturated rings. The second-order valence-electron chi connectivity index (χ2n) is 4.97. The van der Waals surface area contributed by atoms with Crippen molar-refractivity contribution in [2.24, 2.45) is 0 Å². The van der Waals surface area contributed by atoms with E-state index in [1.807, 2.05) is 11.0 Å². The van der Waals surface area contributed by atoms with E-state index in [0.717, 1.165) is 19.4 Å². The molecule has 0 spiro atoms. The van der Waals surface area contributed by atoms with E-state index in [-0.39, 0.29) is 23.3 Å². The van der Waals surface area contributed by atoms with Gasteiger partial charge in [-0.25, -0.2) is 8.42 Å². The van der Waals surface area contributed by atoms with Gasteiger partial charge in [0.25, 0.3) is 0 Å². The highest BCUT2D eigenvalue weighted by Gasteiger charge is 2.25. The fraction of sp³-hybridized carbons (Fsp3) is 0.500. The van der Waals surface area contributed by atoms with Crippen LogP contribution in [0.1, 0.15) is 18.4 Å². The molecule has 1 heterocycles. The summed E-state index contributed by atoms with van der Waals surface area (Å²) in [6.45, 7) is 1.33. The van der Waals surface area contributed by atoms with E-state index in [1.165, 1.54) is 12.1 Å². The maximum Gasteiger partial charge on any atom is 0.179 e. The molecule has 0 saturated carbocycles. The number of nitrogens with zero attached hydrogens (tertiary/aromatic N) is 2. The fourth-order valence-corrected chi connectivity index (χ4v) is 3.81. The molecule has 1 aromatic rings. The molecule has 0 amide bonds. The number of hydrogen-bond donors (Lipinski definition) is 1. The zero-order valence-corrected chi connectivity index (χ0v) is 12.0. The smallest absolute Gasteiger partial charge is 0.179 e. The topological polar surface area (TPSA) is 81.4 Å². The molecule has 1 aliphatic rings. The summed E-state index contributed by atoms with van der Waals surface area (Å²) < 4.78 is 24.5. The fourth-order valence-electron chi connectivity index (χ4n) is 2.51. The summed E-state index contributed by atoms with van der Waals surface area (Å²) >= 11 is 0. The van der Waals surface area contributed by atoms with E-state index in [9.17, 15) is 13.5 Å². The van der Waals surface area contributed by atoms with Gasteiger partial charge in [-0.15, -0.1) is 0 Å². The summed E-state index contributed by atoms with van der Waals surface area (Å²) in [4.78, 5) is 2.21. The normalized spacial score (nSPS) is 19.9. The molecular weight excluding hydrogens is 276 g/mol. The lowest BCUT2D eigenvalue weighted by molar-refractivity contribution is 0.165. The lowest BCUT2D eigenvalue weighted by atomic mass is 10.2. The molecule has 0 unspecified atom stereocenters. The van der Waals surface area contributed by atoms with Crippen molar-refractivity contribution in [3.8, 4) is 6.07 Å². The molecule has 1 atom stereocenters. The molecule has 1 N–H and O–H groups in total. The van der Waals surface area contributed by atoms with Crippen LogP contribution in [0.25, 0.3) is 0 Å². The van der Waals surface area contributed by atoms with Crippen LogP contribution in [0.5, 0.6) is 0 Å². The van der Waals surface area contributed by atoms with E-state index in [4.69, 9.17) is 5.26 Å². The van der Waals surface area contributed by atoms with Gasteiger partial charge in [0.15, 0.2) is 9.84 Å². The van der Waals surface area contributed by atoms with Crippen molar-refractivity contribution in [3.05, 3.63) is 29.8 Å². The predicted octanol–water partition coefficient (Wildman–Crippen LogP) is 0.789. The molecule has 0 bridgehead atoms. The average molecular weight is 294 g/mol. The highest BCUT2D eigenvalue weighted by molar-refractivity contribution is 7.91. The summed E-state index contributed by atoms with van der Waals surface area (Å²) in [5.74, 6) is 0.0123. The van der Waals surface area contributed by atoms with Crippen molar-refractivity contribution >= 4 is 9.84 Å². The minimum Gasteiger partial charge on any atom is -0.395 e. The van der Waals surface area contributed by atoms with Gasteiger partial charge in [-0.2, -0.15) is 5.26 Å². The van der Waals surface area contributed by atoms with Crippen LogP contribution in [0.4, 0.5) is 0 Å². The molecule has 108 valence electrons. The second-order valence-corrected chi connectivity index (χ2v) is 7.08. The van der Waals surface area contributed by atoms with Crippen molar-refractivity contribution in [2.75, 3.05) is 25.4 Å². The first kappa shape index (κ1) is 15.0. The lowest BCUT2D eigenvalue weighted by Crippen LogP contribution is -2.35. The van der Waals surface area contributed by atoms with Gasteiger partial charge in [-0.05, 0) is 37.6 Å². The van der Waals surface area contributed by atoms with Gasteiger partial charge in [-0.3, -0.25) is 4.90 Å². The van der Waals surface area contributed by atoms with Crippen LogP contribution in [-0.4, -0.2) is 49.9 Å². The van der Waals surface area contributed by atoms with Gasteiger partial charge in [0.2, 0.25) is 0 Å². The molecule has 1 saturated heterocycles. The Labute approximate surface area is 119 Å². The first-order chi connectivity index (χ1) is 9.56. The number of aliphatic hydroxyl groups excluding tert-OH is 1. The van der Waals surface area contributed by atoms with Crippen LogP contribution in [0.3, 0.4) is 0 Å². The summed E-state index contributed by atoms with van der Waals surface area (Å²) in [5, 5.41) is 18.0. The van der Waals surface area contributed by atoms with Crippen LogP contribution >= 0.6 is 0 Å². The van der Waals surface area contributed by atoms with Crippen molar-refractivity contribution < 1.29 is 13.5 Å². The number of aliphatic hydroxyl groups is 1. The van der Waals surface area contributed by atoms with E-state index < -0.39 is 9.84 Å². The van der Waals surface area contributed by atoms with Crippen molar-refractivity contribution in [3.63, 3.8) is 0 Å². The predicted molar refractivity (Wildman–Crippen MR) is 74.9 cm³/mol. The van der Waals surface area contributed by atoms with Crippen LogP contribution < -0.4 is 0 Å². The van der Waals surface area contributed by atoms with Crippen LogP contribution in [0.15, 0.2) is 29.2 Å². The van der Waals surface area contributed by atoms with E-state index in [2.05, 4.69) is 0 Å².